The van der Waals surface area contributed by atoms with Gasteiger partial charge in [0.1, 0.15) is 30.0 Å². The Kier molecular flexibility index (Phi) is 9.99. The summed E-state index contributed by atoms with van der Waals surface area (Å²) in [5.41, 5.74) is 0.961. The largest absolute Gasteiger partial charge is 0.462 e. The molecule has 4 aromatic carbocycles. The Balaban J connectivity index is 1.30. The first-order valence-corrected chi connectivity index (χ1v) is 17.6. The van der Waals surface area contributed by atoms with E-state index in [1.807, 2.05) is 0 Å². The standard InChI is InChI=1S/C37H32ClF2N2O6P/c1-24(43)31-22-41(23-36(45)42-21-26(39)19-34(42)35(44)18-15-25-9-8-14-32(38)37(25)40)33-20-29(16-17-30(31)33)49(46,47-27-10-4-2-5-11-27)48-28-12-6-3-7-13-28/h2-14,16-17,20,22,26,34H,15,18-19,21,23H2,1H3/t26-,34+/m1/s1. The van der Waals surface area contributed by atoms with E-state index in [1.54, 1.807) is 84.9 Å². The average molecular weight is 705 g/mol. The van der Waals surface area contributed by atoms with Crippen molar-refractivity contribution in [1.29, 1.82) is 0 Å². The smallest absolute Gasteiger partial charge is 0.413 e. The van der Waals surface area contributed by atoms with Crippen LogP contribution in [0.3, 0.4) is 0 Å². The molecule has 1 amide bonds. The van der Waals surface area contributed by atoms with Gasteiger partial charge >= 0.3 is 7.60 Å². The summed E-state index contributed by atoms with van der Waals surface area (Å²) >= 11 is 5.87. The molecule has 2 atom stereocenters. The Hall–Kier alpha value is -4.79. The first-order valence-electron chi connectivity index (χ1n) is 15.7. The number of rotatable bonds is 12. The summed E-state index contributed by atoms with van der Waals surface area (Å²) in [6.07, 6.45) is -0.144. The molecule has 0 saturated carbocycles. The number of nitrogens with zero attached hydrogens (tertiary/aromatic N) is 2. The lowest BCUT2D eigenvalue weighted by atomic mass is 10.0. The molecule has 1 aromatic heterocycles. The molecule has 1 aliphatic heterocycles. The fourth-order valence-corrected chi connectivity index (χ4v) is 7.77. The summed E-state index contributed by atoms with van der Waals surface area (Å²) in [5, 5.41) is 0.602. The number of amides is 1. The number of alkyl halides is 1. The van der Waals surface area contributed by atoms with Crippen molar-refractivity contribution in [1.82, 2.24) is 9.47 Å². The maximum absolute atomic E-state index is 14.7. The molecule has 5 aromatic rings. The number of benzene rings is 4. The summed E-state index contributed by atoms with van der Waals surface area (Å²) in [6, 6.07) is 25.3. The van der Waals surface area contributed by atoms with Gasteiger partial charge in [0.15, 0.2) is 11.6 Å². The van der Waals surface area contributed by atoms with Gasteiger partial charge in [-0.1, -0.05) is 66.2 Å². The first-order chi connectivity index (χ1) is 23.5. The van der Waals surface area contributed by atoms with Crippen LogP contribution in [-0.4, -0.2) is 45.7 Å². The third kappa shape index (κ3) is 7.46. The number of aryl methyl sites for hydroxylation is 1. The molecule has 0 aliphatic carbocycles. The van der Waals surface area contributed by atoms with Gasteiger partial charge in [-0.05, 0) is 61.4 Å². The van der Waals surface area contributed by atoms with Crippen LogP contribution in [0.15, 0.2) is 103 Å². The predicted octanol–water partition coefficient (Wildman–Crippen LogP) is 7.75. The number of para-hydroxylation sites is 2. The monoisotopic (exact) mass is 704 g/mol. The SMILES string of the molecule is CC(=O)c1cn(CC(=O)N2C[C@H](F)C[C@H]2C(=O)CCc2cccc(Cl)c2F)c2cc(P(=O)(Oc3ccccc3)Oc3ccccc3)ccc12. The summed E-state index contributed by atoms with van der Waals surface area (Å²) < 4.78 is 57.2. The number of ketones is 2. The Labute approximate surface area is 286 Å². The van der Waals surface area contributed by atoms with Crippen molar-refractivity contribution < 1.29 is 36.8 Å². The molecule has 1 aliphatic rings. The number of Topliss-reactive ketones (excluding diaryl/α,β-unsaturated/α-hetero) is 2. The second kappa shape index (κ2) is 14.4. The molecular weight excluding hydrogens is 673 g/mol. The van der Waals surface area contributed by atoms with E-state index in [-0.39, 0.29) is 54.0 Å². The number of aromatic nitrogens is 1. The number of fused-ring (bicyclic) bond motifs is 1. The minimum absolute atomic E-state index is 0.0455. The quantitative estimate of drug-likeness (QED) is 0.0974. The number of halogens is 3. The van der Waals surface area contributed by atoms with Crippen molar-refractivity contribution in [2.75, 3.05) is 6.54 Å². The minimum Gasteiger partial charge on any atom is -0.413 e. The summed E-state index contributed by atoms with van der Waals surface area (Å²) in [4.78, 5) is 40.9. The lowest BCUT2D eigenvalue weighted by Crippen LogP contribution is -2.42. The second-order valence-electron chi connectivity index (χ2n) is 11.8. The van der Waals surface area contributed by atoms with E-state index in [0.717, 1.165) is 0 Å². The molecule has 8 nitrogen and oxygen atoms in total. The van der Waals surface area contributed by atoms with E-state index in [2.05, 4.69) is 0 Å². The van der Waals surface area contributed by atoms with Crippen LogP contribution >= 0.6 is 19.2 Å². The van der Waals surface area contributed by atoms with Gasteiger partial charge in [-0.25, -0.2) is 13.3 Å². The van der Waals surface area contributed by atoms with Gasteiger partial charge in [0.2, 0.25) is 5.91 Å². The lowest BCUT2D eigenvalue weighted by molar-refractivity contribution is -0.138. The molecule has 0 N–H and O–H groups in total. The topological polar surface area (TPSA) is 94.9 Å². The lowest BCUT2D eigenvalue weighted by Gasteiger charge is -2.24. The van der Waals surface area contributed by atoms with Crippen LogP contribution in [0, 0.1) is 5.82 Å². The number of carbonyl (C=O) groups excluding carboxylic acids is 3. The molecule has 0 spiro atoms. The highest BCUT2D eigenvalue weighted by Crippen LogP contribution is 2.48. The van der Waals surface area contributed by atoms with Crippen molar-refractivity contribution in [2.45, 2.75) is 44.9 Å². The molecular formula is C37H32ClF2N2O6P. The van der Waals surface area contributed by atoms with Crippen LogP contribution in [0.5, 0.6) is 11.5 Å². The van der Waals surface area contributed by atoms with Crippen LogP contribution in [0.1, 0.15) is 35.7 Å². The average Bonchev–Trinajstić information content (AvgIpc) is 3.66. The summed E-state index contributed by atoms with van der Waals surface area (Å²) in [5.74, 6) is -1.21. The zero-order valence-corrected chi connectivity index (χ0v) is 28.1. The molecule has 0 bridgehead atoms. The Morgan fingerprint density at radius 1 is 0.918 bits per heavy atom. The molecule has 2 heterocycles. The zero-order chi connectivity index (χ0) is 34.7. The molecule has 252 valence electrons. The maximum atomic E-state index is 14.7. The van der Waals surface area contributed by atoms with Crippen molar-refractivity contribution in [3.8, 4) is 11.5 Å². The van der Waals surface area contributed by atoms with Gasteiger partial charge < -0.3 is 18.5 Å². The highest BCUT2D eigenvalue weighted by atomic mass is 35.5. The normalized spacial score (nSPS) is 16.1. The third-order valence-corrected chi connectivity index (χ3v) is 10.5. The van der Waals surface area contributed by atoms with E-state index in [1.165, 1.54) is 34.7 Å². The fourth-order valence-electron chi connectivity index (χ4n) is 5.99. The zero-order valence-electron chi connectivity index (χ0n) is 26.4. The van der Waals surface area contributed by atoms with Gasteiger partial charge in [0.05, 0.1) is 28.4 Å². The number of hydrogen-bond donors (Lipinski definition) is 0. The summed E-state index contributed by atoms with van der Waals surface area (Å²) in [6.45, 7) is 0.772. The second-order valence-corrected chi connectivity index (χ2v) is 14.1. The van der Waals surface area contributed by atoms with E-state index in [9.17, 15) is 27.7 Å². The Morgan fingerprint density at radius 2 is 1.57 bits per heavy atom. The molecule has 1 saturated heterocycles. The van der Waals surface area contributed by atoms with Crippen molar-refractivity contribution in [3.05, 3.63) is 125 Å². The third-order valence-electron chi connectivity index (χ3n) is 8.42. The van der Waals surface area contributed by atoms with Crippen molar-refractivity contribution >= 4 is 52.9 Å². The minimum atomic E-state index is -4.10. The van der Waals surface area contributed by atoms with E-state index in [4.69, 9.17) is 20.6 Å². The highest BCUT2D eigenvalue weighted by Gasteiger charge is 2.39. The molecule has 1 fully saturated rings. The molecule has 0 unspecified atom stereocenters. The van der Waals surface area contributed by atoms with Crippen LogP contribution in [0.4, 0.5) is 8.78 Å². The van der Waals surface area contributed by atoms with E-state index in [0.29, 0.717) is 28.0 Å². The maximum Gasteiger partial charge on any atom is 0.462 e. The van der Waals surface area contributed by atoms with Crippen molar-refractivity contribution in [2.24, 2.45) is 0 Å². The summed E-state index contributed by atoms with van der Waals surface area (Å²) in [7, 11) is -4.10. The number of likely N-dealkylation sites (tertiary alicyclic amines) is 1. The molecule has 6 rings (SSSR count). The van der Waals surface area contributed by atoms with Crippen LogP contribution < -0.4 is 14.4 Å². The molecule has 12 heteroatoms. The van der Waals surface area contributed by atoms with Gasteiger partial charge in [-0.15, -0.1) is 0 Å². The van der Waals surface area contributed by atoms with Gasteiger partial charge in [-0.3, -0.25) is 14.4 Å². The van der Waals surface area contributed by atoms with Crippen molar-refractivity contribution in [3.63, 3.8) is 0 Å². The predicted molar refractivity (Wildman–Crippen MR) is 183 cm³/mol. The van der Waals surface area contributed by atoms with E-state index >= 15 is 0 Å². The molecule has 0 radical (unpaired) electrons. The number of hydrogen-bond acceptors (Lipinski definition) is 6. The van der Waals surface area contributed by atoms with Gasteiger partial charge in [0.25, 0.3) is 0 Å². The Morgan fingerprint density at radius 3 is 2.20 bits per heavy atom. The number of carbonyl (C=O) groups is 3. The Bertz CT molecular complexity index is 2030. The fraction of sp³-hybridized carbons (Fsp3) is 0.216. The molecule has 49 heavy (non-hydrogen) atoms. The highest BCUT2D eigenvalue weighted by molar-refractivity contribution is 7.63. The van der Waals surface area contributed by atoms with Crippen LogP contribution in [0.2, 0.25) is 5.02 Å². The van der Waals surface area contributed by atoms with Gasteiger partial charge in [-0.2, -0.15) is 0 Å². The van der Waals surface area contributed by atoms with E-state index < -0.39 is 37.3 Å². The van der Waals surface area contributed by atoms with Crippen LogP contribution in [-0.2, 0) is 27.1 Å². The van der Waals surface area contributed by atoms with Gasteiger partial charge in [0, 0.05) is 30.0 Å². The first kappa shape index (κ1) is 34.1. The van der Waals surface area contributed by atoms with Crippen LogP contribution in [0.25, 0.3) is 10.9 Å².